The zero-order valence-electron chi connectivity index (χ0n) is 41.0. The number of carbonyl (C=O) groups is 8. The molecule has 18 nitrogen and oxygen atoms in total. The van der Waals surface area contributed by atoms with Gasteiger partial charge in [-0.05, 0) is 41.3 Å². The number of thiophene rings is 3. The average molecular weight is 1100 g/mol. The van der Waals surface area contributed by atoms with Crippen molar-refractivity contribution >= 4 is 113 Å². The molecule has 3 aromatic heterocycles. The van der Waals surface area contributed by atoms with Crippen LogP contribution in [-0.4, -0.2) is 69.0 Å². The van der Waals surface area contributed by atoms with E-state index in [4.69, 9.17) is 18.9 Å². The van der Waals surface area contributed by atoms with Gasteiger partial charge in [-0.15, -0.1) is 34.0 Å². The van der Waals surface area contributed by atoms with Gasteiger partial charge in [0.1, 0.15) is 65.4 Å². The maximum absolute atomic E-state index is 15.4. The fourth-order valence-electron chi connectivity index (χ4n) is 9.00. The molecule has 1 aliphatic carbocycles. The Bertz CT molecular complexity index is 3780. The highest BCUT2D eigenvalue weighted by atomic mass is 32.1. The van der Waals surface area contributed by atoms with E-state index in [-0.39, 0.29) is 68.6 Å². The summed E-state index contributed by atoms with van der Waals surface area (Å²) in [5, 5.41) is 20.5. The van der Waals surface area contributed by atoms with Crippen LogP contribution >= 0.6 is 34.0 Å². The Morgan fingerprint density at radius 3 is 1.59 bits per heavy atom. The van der Waals surface area contributed by atoms with Crippen LogP contribution < -0.4 is 0 Å². The van der Waals surface area contributed by atoms with Gasteiger partial charge in [0.15, 0.2) is 0 Å². The third-order valence-electron chi connectivity index (χ3n) is 13.0. The Morgan fingerprint density at radius 2 is 1.09 bits per heavy atom. The Labute approximate surface area is 455 Å². The number of nitrogens with zero attached hydrogens (tertiary/aromatic N) is 6. The summed E-state index contributed by atoms with van der Waals surface area (Å²) < 4.78 is 23.7. The molecule has 1 fully saturated rings. The molecule has 2 aliphatic heterocycles. The first-order chi connectivity index (χ1) is 37.7. The quantitative estimate of drug-likeness (QED) is 0.0478. The minimum Gasteiger partial charge on any atom is -0.459 e. The van der Waals surface area contributed by atoms with Gasteiger partial charge >= 0.3 is 24.1 Å². The highest BCUT2D eigenvalue weighted by Gasteiger charge is 2.61. The number of carbonyl (C=O) groups excluding carboxylic acids is 8. The molecule has 1 saturated heterocycles. The van der Waals surface area contributed by atoms with Crippen LogP contribution in [-0.2, 0) is 79.6 Å². The normalized spacial score (nSPS) is 17.6. The van der Waals surface area contributed by atoms with Crippen molar-refractivity contribution in [1.29, 1.82) is 10.5 Å². The smallest absolute Gasteiger partial charge is 0.424 e. The number of likely N-dealkylation sites (tertiary alicyclic amines) is 1. The van der Waals surface area contributed by atoms with Gasteiger partial charge in [-0.2, -0.15) is 20.3 Å². The van der Waals surface area contributed by atoms with E-state index in [0.29, 0.717) is 41.4 Å². The Hall–Kier alpha value is -9.54. The fourth-order valence-corrected chi connectivity index (χ4v) is 12.9. The second-order valence-corrected chi connectivity index (χ2v) is 20.9. The number of hydrogen-bond acceptors (Lipinski definition) is 19. The van der Waals surface area contributed by atoms with E-state index in [1.54, 1.807) is 133 Å². The molecule has 7 aromatic rings. The van der Waals surface area contributed by atoms with E-state index in [1.807, 2.05) is 6.07 Å². The van der Waals surface area contributed by atoms with Crippen LogP contribution in [0.15, 0.2) is 155 Å². The topological polar surface area (TPSA) is 252 Å². The Morgan fingerprint density at radius 1 is 0.603 bits per heavy atom. The minimum absolute atomic E-state index is 0.0239. The number of fused-ring (bicyclic) bond motifs is 5. The lowest BCUT2D eigenvalue weighted by molar-refractivity contribution is -0.164. The largest absolute Gasteiger partial charge is 0.459 e. The minimum atomic E-state index is -2.41. The van der Waals surface area contributed by atoms with Gasteiger partial charge in [-0.3, -0.25) is 28.8 Å². The molecule has 10 rings (SSSR count). The lowest BCUT2D eigenvalue weighted by Gasteiger charge is -2.30. The molecule has 3 aliphatic rings. The zero-order valence-corrected chi connectivity index (χ0v) is 43.4. The highest BCUT2D eigenvalue weighted by Crippen LogP contribution is 2.62. The van der Waals surface area contributed by atoms with Crippen molar-refractivity contribution < 1.29 is 57.3 Å². The summed E-state index contributed by atoms with van der Waals surface area (Å²) in [4.78, 5) is 124. The number of benzene rings is 4. The maximum atomic E-state index is 15.4. The Kier molecular flexibility index (Phi) is 14.4. The van der Waals surface area contributed by atoms with E-state index in [2.05, 4.69) is 9.98 Å². The molecule has 0 radical (unpaired) electrons. The third-order valence-corrected chi connectivity index (χ3v) is 16.5. The SMILES string of the molecule is CC1=C(C#N)C(=O)N(C(=O)OCc2ccccc2)C(=O)C1=Nc1cc2c(s1)-c1sc3cc(N=C4C(=O)N(C(=O)OCc5ccccc5)C(=O)C(C#N)C4C)sc3c1C2(C(=O)OCc1ccccc1)C(=O)OCc1ccccc1. The van der Waals surface area contributed by atoms with Crippen LogP contribution in [0.1, 0.15) is 47.2 Å². The molecule has 0 N–H and O–H groups in total. The monoisotopic (exact) mass is 1090 g/mol. The number of rotatable bonds is 12. The molecular weight excluding hydrogens is 1060 g/mol. The summed E-state index contributed by atoms with van der Waals surface area (Å²) in [5.41, 5.74) is -1.32. The van der Waals surface area contributed by atoms with Gasteiger partial charge in [-0.1, -0.05) is 128 Å². The predicted octanol–water partition coefficient (Wildman–Crippen LogP) is 9.95. The second-order valence-electron chi connectivity index (χ2n) is 17.8. The maximum Gasteiger partial charge on any atom is 0.424 e. The average Bonchev–Trinajstić information content (AvgIpc) is 4.21. The molecule has 386 valence electrons. The molecule has 6 amide bonds. The van der Waals surface area contributed by atoms with Gasteiger partial charge in [0.05, 0.1) is 20.5 Å². The number of esters is 2. The van der Waals surface area contributed by atoms with Crippen molar-refractivity contribution in [2.24, 2.45) is 21.8 Å². The Balaban J connectivity index is 1.09. The molecule has 2 unspecified atom stereocenters. The molecule has 0 saturated carbocycles. The first-order valence-corrected chi connectivity index (χ1v) is 26.2. The highest BCUT2D eigenvalue weighted by molar-refractivity contribution is 7.33. The van der Waals surface area contributed by atoms with Gasteiger partial charge < -0.3 is 18.9 Å². The number of imide groups is 6. The van der Waals surface area contributed by atoms with Gasteiger partial charge in [-0.25, -0.2) is 19.6 Å². The van der Waals surface area contributed by atoms with Crippen molar-refractivity contribution in [3.8, 4) is 21.9 Å². The van der Waals surface area contributed by atoms with Crippen molar-refractivity contribution in [3.63, 3.8) is 0 Å². The predicted molar refractivity (Wildman–Crippen MR) is 284 cm³/mol. The standard InChI is InChI=1S/C57H38N6O12S3/c1-31-37(25-58)49(64)62(55(70)74-29-35-19-11-5-12-20-35)51(66)44(31)60-41-23-39-46(77-41)48-43(57(39,53(68)72-27-33-15-7-3-8-16-33)54(69)73-28-34-17-9-4-10-18-34)47-40(76-48)24-42(78-47)61-45-32(2)38(26-59)50(65)63(52(45)67)56(71)75-30-36-21-13-6-14-22-36/h3-24,32,38H,27-30H2,1-2H3. The van der Waals surface area contributed by atoms with Crippen LogP contribution in [0, 0.1) is 34.5 Å². The molecule has 5 heterocycles. The summed E-state index contributed by atoms with van der Waals surface area (Å²) in [6.07, 6.45) is -2.64. The van der Waals surface area contributed by atoms with Crippen LogP contribution in [0.4, 0.5) is 19.6 Å². The summed E-state index contributed by atoms with van der Waals surface area (Å²) in [6, 6.07) is 41.2. The summed E-state index contributed by atoms with van der Waals surface area (Å²) in [5.74, 6) is -9.25. The molecule has 4 aromatic carbocycles. The van der Waals surface area contributed by atoms with Crippen LogP contribution in [0.3, 0.4) is 0 Å². The number of nitriles is 2. The molecule has 78 heavy (non-hydrogen) atoms. The van der Waals surface area contributed by atoms with Crippen molar-refractivity contribution in [1.82, 2.24) is 9.80 Å². The third kappa shape index (κ3) is 9.36. The fraction of sp³-hybridized carbons (Fsp3) is 0.158. The van der Waals surface area contributed by atoms with Crippen molar-refractivity contribution in [3.05, 3.63) is 178 Å². The summed E-state index contributed by atoms with van der Waals surface area (Å²) >= 11 is 3.09. The number of ether oxygens (including phenoxy) is 4. The van der Waals surface area contributed by atoms with E-state index >= 15 is 9.59 Å². The van der Waals surface area contributed by atoms with Crippen LogP contribution in [0.25, 0.3) is 19.2 Å². The van der Waals surface area contributed by atoms with Crippen molar-refractivity contribution in [2.45, 2.75) is 45.7 Å². The van der Waals surface area contributed by atoms with E-state index in [9.17, 15) is 39.3 Å². The summed E-state index contributed by atoms with van der Waals surface area (Å²) in [6.45, 7) is 1.66. The first-order valence-electron chi connectivity index (χ1n) is 23.8. The van der Waals surface area contributed by atoms with Gasteiger partial charge in [0.25, 0.3) is 23.6 Å². The molecule has 2 atom stereocenters. The van der Waals surface area contributed by atoms with Crippen LogP contribution in [0.2, 0.25) is 0 Å². The molecular formula is C57H38N6O12S3. The second kappa shape index (κ2) is 21.6. The van der Waals surface area contributed by atoms with Crippen LogP contribution in [0.5, 0.6) is 0 Å². The van der Waals surface area contributed by atoms with E-state index in [0.717, 1.165) is 34.0 Å². The number of piperidine rings is 1. The number of hydrogen-bond donors (Lipinski definition) is 0. The molecule has 21 heteroatoms. The van der Waals surface area contributed by atoms with E-state index < -0.39 is 76.3 Å². The molecule has 0 spiro atoms. The van der Waals surface area contributed by atoms with Gasteiger partial charge in [0, 0.05) is 27.3 Å². The van der Waals surface area contributed by atoms with E-state index in [1.165, 1.54) is 19.9 Å². The number of amides is 6. The molecule has 0 bridgehead atoms. The van der Waals surface area contributed by atoms with Crippen molar-refractivity contribution in [2.75, 3.05) is 0 Å². The lowest BCUT2D eigenvalue weighted by atomic mass is 9.79. The zero-order chi connectivity index (χ0) is 54.8. The summed E-state index contributed by atoms with van der Waals surface area (Å²) in [7, 11) is 0. The lowest BCUT2D eigenvalue weighted by Crippen LogP contribution is -2.56. The number of aliphatic imine (C=N–C) groups is 2. The van der Waals surface area contributed by atoms with Gasteiger partial charge in [0.2, 0.25) is 5.41 Å². The first kappa shape index (κ1) is 51.9.